The van der Waals surface area contributed by atoms with E-state index in [1.165, 1.54) is 12.7 Å². The Balaban J connectivity index is 2.29. The molecule has 0 radical (unpaired) electrons. The van der Waals surface area contributed by atoms with E-state index >= 15 is 0 Å². The Kier molecular flexibility index (Phi) is 3.83. The van der Waals surface area contributed by atoms with E-state index in [2.05, 4.69) is 27.0 Å². The Morgan fingerprint density at radius 2 is 2.17 bits per heavy atom. The lowest BCUT2D eigenvalue weighted by Crippen LogP contribution is -2.20. The Morgan fingerprint density at radius 3 is 2.89 bits per heavy atom. The van der Waals surface area contributed by atoms with Crippen molar-refractivity contribution in [2.75, 3.05) is 7.11 Å². The minimum Gasteiger partial charge on any atom is -0.481 e. The minimum absolute atomic E-state index is 0.434. The van der Waals surface area contributed by atoms with Gasteiger partial charge in [-0.2, -0.15) is 5.10 Å². The summed E-state index contributed by atoms with van der Waals surface area (Å²) < 4.78 is 6.84. The van der Waals surface area contributed by atoms with Crippen LogP contribution >= 0.6 is 0 Å². The summed E-state index contributed by atoms with van der Waals surface area (Å²) in [5.74, 6) is 1.18. The maximum absolute atomic E-state index is 6.15. The fourth-order valence-corrected chi connectivity index (χ4v) is 1.67. The van der Waals surface area contributed by atoms with E-state index in [0.29, 0.717) is 17.4 Å². The number of hydrogen-bond donors (Lipinski definition) is 1. The van der Waals surface area contributed by atoms with Crippen molar-refractivity contribution < 1.29 is 4.74 Å². The molecule has 0 aliphatic carbocycles. The highest BCUT2D eigenvalue weighted by molar-refractivity contribution is 5.21. The van der Waals surface area contributed by atoms with Crippen molar-refractivity contribution >= 4 is 0 Å². The van der Waals surface area contributed by atoms with Crippen molar-refractivity contribution in [3.8, 4) is 5.88 Å². The zero-order valence-corrected chi connectivity index (χ0v) is 10.4. The van der Waals surface area contributed by atoms with E-state index < -0.39 is 6.04 Å². The van der Waals surface area contributed by atoms with Gasteiger partial charge in [0.2, 0.25) is 5.88 Å². The number of nitrogens with zero attached hydrogens (tertiary/aromatic N) is 5. The van der Waals surface area contributed by atoms with E-state index in [0.717, 1.165) is 13.0 Å². The van der Waals surface area contributed by atoms with Crippen LogP contribution in [0.15, 0.2) is 18.7 Å². The van der Waals surface area contributed by atoms with Crippen LogP contribution in [-0.2, 0) is 6.54 Å². The molecule has 2 heterocycles. The SMILES string of the molecule is CCCn1ncnc1C(N)c1cc(OC)ncn1. The van der Waals surface area contributed by atoms with E-state index in [1.807, 2.05) is 0 Å². The molecule has 0 aliphatic rings. The number of aromatic nitrogens is 5. The van der Waals surface area contributed by atoms with Crippen LogP contribution < -0.4 is 10.5 Å². The van der Waals surface area contributed by atoms with Gasteiger partial charge in [-0.15, -0.1) is 0 Å². The molecule has 0 aromatic carbocycles. The number of hydrogen-bond acceptors (Lipinski definition) is 6. The maximum Gasteiger partial charge on any atom is 0.216 e. The van der Waals surface area contributed by atoms with Gasteiger partial charge < -0.3 is 10.5 Å². The second kappa shape index (κ2) is 5.54. The van der Waals surface area contributed by atoms with Crippen molar-refractivity contribution in [2.24, 2.45) is 5.73 Å². The summed E-state index contributed by atoms with van der Waals surface area (Å²) in [5, 5.41) is 4.15. The Bertz CT molecular complexity index is 512. The zero-order chi connectivity index (χ0) is 13.0. The molecule has 0 saturated carbocycles. The van der Waals surface area contributed by atoms with Gasteiger partial charge in [-0.1, -0.05) is 6.92 Å². The van der Waals surface area contributed by atoms with E-state index in [9.17, 15) is 0 Å². The Hall–Kier alpha value is -2.02. The molecule has 18 heavy (non-hydrogen) atoms. The number of methoxy groups -OCH3 is 1. The standard InChI is InChI=1S/C11H16N6O/c1-3-4-17-11(15-7-16-17)10(12)8-5-9(18-2)14-6-13-8/h5-7,10H,3-4,12H2,1-2H3. The number of rotatable bonds is 5. The van der Waals surface area contributed by atoms with Gasteiger partial charge in [0.1, 0.15) is 24.5 Å². The third kappa shape index (κ3) is 2.45. The topological polar surface area (TPSA) is 91.7 Å². The Morgan fingerprint density at radius 1 is 1.33 bits per heavy atom. The largest absolute Gasteiger partial charge is 0.481 e. The lowest BCUT2D eigenvalue weighted by Gasteiger charge is -2.12. The van der Waals surface area contributed by atoms with Crippen LogP contribution in [0.4, 0.5) is 0 Å². The lowest BCUT2D eigenvalue weighted by atomic mass is 10.2. The van der Waals surface area contributed by atoms with E-state index in [-0.39, 0.29) is 0 Å². The van der Waals surface area contributed by atoms with Crippen LogP contribution in [0.2, 0.25) is 0 Å². The van der Waals surface area contributed by atoms with Gasteiger partial charge in [-0.25, -0.2) is 19.6 Å². The molecule has 1 atom stereocenters. The number of aryl methyl sites for hydroxylation is 1. The molecule has 2 N–H and O–H groups in total. The zero-order valence-electron chi connectivity index (χ0n) is 10.4. The summed E-state index contributed by atoms with van der Waals surface area (Å²) in [4.78, 5) is 12.3. The highest BCUT2D eigenvalue weighted by Gasteiger charge is 2.17. The molecule has 0 amide bonds. The summed E-state index contributed by atoms with van der Waals surface area (Å²) in [7, 11) is 1.55. The second-order valence-corrected chi connectivity index (χ2v) is 3.80. The smallest absolute Gasteiger partial charge is 0.216 e. The minimum atomic E-state index is -0.434. The van der Waals surface area contributed by atoms with Crippen molar-refractivity contribution in [3.63, 3.8) is 0 Å². The lowest BCUT2D eigenvalue weighted by molar-refractivity contribution is 0.395. The fraction of sp³-hybridized carbons (Fsp3) is 0.455. The van der Waals surface area contributed by atoms with Gasteiger partial charge in [0, 0.05) is 12.6 Å². The first-order valence-electron chi connectivity index (χ1n) is 5.75. The first kappa shape index (κ1) is 12.4. The molecule has 0 bridgehead atoms. The molecule has 0 aliphatic heterocycles. The van der Waals surface area contributed by atoms with Crippen molar-refractivity contribution in [1.29, 1.82) is 0 Å². The van der Waals surface area contributed by atoms with Gasteiger partial charge in [-0.05, 0) is 6.42 Å². The van der Waals surface area contributed by atoms with Crippen LogP contribution in [0.1, 0.15) is 30.9 Å². The predicted octanol–water partition coefficient (Wildman–Crippen LogP) is 0.535. The third-order valence-corrected chi connectivity index (χ3v) is 2.55. The summed E-state index contributed by atoms with van der Waals surface area (Å²) in [6.07, 6.45) is 3.90. The van der Waals surface area contributed by atoms with Crippen LogP contribution in [0.3, 0.4) is 0 Å². The van der Waals surface area contributed by atoms with E-state index in [1.54, 1.807) is 17.9 Å². The molecule has 7 nitrogen and oxygen atoms in total. The average molecular weight is 248 g/mol. The molecule has 0 saturated heterocycles. The van der Waals surface area contributed by atoms with Crippen LogP contribution in [0, 0.1) is 0 Å². The summed E-state index contributed by atoms with van der Waals surface area (Å²) >= 11 is 0. The molecule has 2 aromatic heterocycles. The maximum atomic E-state index is 6.15. The summed E-state index contributed by atoms with van der Waals surface area (Å²) in [5.41, 5.74) is 6.81. The molecule has 1 unspecified atom stereocenters. The van der Waals surface area contributed by atoms with Crippen molar-refractivity contribution in [2.45, 2.75) is 25.9 Å². The third-order valence-electron chi connectivity index (χ3n) is 2.55. The van der Waals surface area contributed by atoms with Gasteiger partial charge in [0.15, 0.2) is 0 Å². The monoisotopic (exact) mass is 248 g/mol. The first-order valence-corrected chi connectivity index (χ1v) is 5.75. The molecule has 7 heteroatoms. The van der Waals surface area contributed by atoms with Crippen LogP contribution in [0.25, 0.3) is 0 Å². The van der Waals surface area contributed by atoms with Gasteiger partial charge in [0.25, 0.3) is 0 Å². The molecular weight excluding hydrogens is 232 g/mol. The number of nitrogens with two attached hydrogens (primary N) is 1. The molecule has 96 valence electrons. The van der Waals surface area contributed by atoms with Crippen molar-refractivity contribution in [1.82, 2.24) is 24.7 Å². The molecule has 0 fully saturated rings. The van der Waals surface area contributed by atoms with Gasteiger partial charge >= 0.3 is 0 Å². The van der Waals surface area contributed by atoms with E-state index in [4.69, 9.17) is 10.5 Å². The van der Waals surface area contributed by atoms with Crippen molar-refractivity contribution in [3.05, 3.63) is 30.2 Å². The first-order chi connectivity index (χ1) is 8.76. The summed E-state index contributed by atoms with van der Waals surface area (Å²) in [6.45, 7) is 2.86. The normalized spacial score (nSPS) is 12.4. The Labute approximate surface area is 105 Å². The molecule has 0 spiro atoms. The van der Waals surface area contributed by atoms with Gasteiger partial charge in [-0.3, -0.25) is 0 Å². The van der Waals surface area contributed by atoms with Crippen LogP contribution in [-0.4, -0.2) is 31.8 Å². The summed E-state index contributed by atoms with van der Waals surface area (Å²) in [6, 6.07) is 1.27. The van der Waals surface area contributed by atoms with Crippen LogP contribution in [0.5, 0.6) is 5.88 Å². The second-order valence-electron chi connectivity index (χ2n) is 3.80. The average Bonchev–Trinajstić information content (AvgIpc) is 2.86. The highest BCUT2D eigenvalue weighted by Crippen LogP contribution is 2.17. The predicted molar refractivity (Wildman–Crippen MR) is 64.9 cm³/mol. The number of ether oxygens (including phenoxy) is 1. The molecular formula is C11H16N6O. The highest BCUT2D eigenvalue weighted by atomic mass is 16.5. The molecule has 2 rings (SSSR count). The molecule has 2 aromatic rings. The quantitative estimate of drug-likeness (QED) is 0.830. The van der Waals surface area contributed by atoms with Gasteiger partial charge in [0.05, 0.1) is 12.8 Å². The fourth-order valence-electron chi connectivity index (χ4n) is 1.67.